The van der Waals surface area contributed by atoms with Crippen molar-refractivity contribution >= 4 is 22.8 Å². The number of likely N-dealkylation sites (tertiary alicyclic amines) is 1. The summed E-state index contributed by atoms with van der Waals surface area (Å²) in [6.07, 6.45) is -1.13. The van der Waals surface area contributed by atoms with Gasteiger partial charge in [-0.15, -0.1) is 0 Å². The van der Waals surface area contributed by atoms with Crippen LogP contribution in [-0.2, 0) is 18.0 Å². The van der Waals surface area contributed by atoms with Gasteiger partial charge in [0.05, 0.1) is 17.4 Å². The fourth-order valence-corrected chi connectivity index (χ4v) is 3.71. The second-order valence-corrected chi connectivity index (χ2v) is 8.22. The van der Waals surface area contributed by atoms with E-state index in [0.29, 0.717) is 31.5 Å². The number of amides is 1. The van der Waals surface area contributed by atoms with Gasteiger partial charge in [0.2, 0.25) is 0 Å². The second kappa shape index (κ2) is 6.86. The molecule has 0 atom stereocenters. The van der Waals surface area contributed by atoms with E-state index in [9.17, 15) is 18.0 Å². The maximum atomic E-state index is 13.7. The van der Waals surface area contributed by atoms with Crippen LogP contribution in [0, 0.1) is 0 Å². The van der Waals surface area contributed by atoms with E-state index < -0.39 is 23.4 Å². The van der Waals surface area contributed by atoms with E-state index in [4.69, 9.17) is 10.5 Å². The fourth-order valence-electron chi connectivity index (χ4n) is 3.71. The van der Waals surface area contributed by atoms with Gasteiger partial charge in [-0.05, 0) is 45.1 Å². The number of hydrogen-bond acceptors (Lipinski definition) is 4. The lowest BCUT2D eigenvalue weighted by molar-refractivity contribution is -0.135. The summed E-state index contributed by atoms with van der Waals surface area (Å²) < 4.78 is 48.0. The zero-order valence-corrected chi connectivity index (χ0v) is 16.4. The van der Waals surface area contributed by atoms with E-state index in [1.54, 1.807) is 43.5 Å². The number of piperidine rings is 1. The molecule has 3 rings (SSSR count). The van der Waals surface area contributed by atoms with Crippen molar-refractivity contribution in [2.45, 2.75) is 51.3 Å². The van der Waals surface area contributed by atoms with Crippen molar-refractivity contribution in [3.8, 4) is 0 Å². The standard InChI is InChI=1S/C19H25F3N4O2/c1-18(2,3)28-17(27)26-7-5-11(6-8-26)12-10-25(4)16-14(12)15(19(20,21)22)13(23)9-24-16/h9-11H,5-8,23H2,1-4H3. The van der Waals surface area contributed by atoms with E-state index >= 15 is 0 Å². The van der Waals surface area contributed by atoms with Gasteiger partial charge in [0.25, 0.3) is 0 Å². The quantitative estimate of drug-likeness (QED) is 0.778. The highest BCUT2D eigenvalue weighted by Crippen LogP contribution is 2.43. The van der Waals surface area contributed by atoms with E-state index in [1.807, 2.05) is 0 Å². The number of pyridine rings is 1. The normalized spacial score (nSPS) is 16.6. The molecule has 28 heavy (non-hydrogen) atoms. The molecule has 9 heteroatoms. The average molecular weight is 398 g/mol. The molecule has 2 aromatic heterocycles. The van der Waals surface area contributed by atoms with Gasteiger partial charge in [-0.25, -0.2) is 9.78 Å². The molecule has 3 heterocycles. The number of nitrogens with two attached hydrogens (primary N) is 1. The Morgan fingerprint density at radius 1 is 1.25 bits per heavy atom. The minimum Gasteiger partial charge on any atom is -0.444 e. The predicted molar refractivity (Wildman–Crippen MR) is 99.9 cm³/mol. The molecule has 0 aliphatic carbocycles. The van der Waals surface area contributed by atoms with Crippen LogP contribution in [0.5, 0.6) is 0 Å². The number of alkyl halides is 3. The van der Waals surface area contributed by atoms with Crippen LogP contribution in [0.4, 0.5) is 23.7 Å². The third-order valence-electron chi connectivity index (χ3n) is 4.91. The van der Waals surface area contributed by atoms with E-state index in [0.717, 1.165) is 6.20 Å². The summed E-state index contributed by atoms with van der Waals surface area (Å²) in [5.41, 5.74) is 4.68. The maximum Gasteiger partial charge on any atom is 0.419 e. The molecule has 0 spiro atoms. The monoisotopic (exact) mass is 398 g/mol. The van der Waals surface area contributed by atoms with Crippen molar-refractivity contribution in [1.29, 1.82) is 0 Å². The summed E-state index contributed by atoms with van der Waals surface area (Å²) in [4.78, 5) is 17.9. The van der Waals surface area contributed by atoms with E-state index in [2.05, 4.69) is 4.98 Å². The van der Waals surface area contributed by atoms with Gasteiger partial charge in [0, 0.05) is 31.7 Å². The molecule has 1 fully saturated rings. The van der Waals surface area contributed by atoms with Crippen LogP contribution in [0.1, 0.15) is 50.7 Å². The summed E-state index contributed by atoms with van der Waals surface area (Å²) in [6, 6.07) is 0. The van der Waals surface area contributed by atoms with Gasteiger partial charge >= 0.3 is 12.3 Å². The number of carbonyl (C=O) groups is 1. The third-order valence-corrected chi connectivity index (χ3v) is 4.91. The number of halogens is 3. The van der Waals surface area contributed by atoms with Crippen molar-refractivity contribution in [1.82, 2.24) is 14.5 Å². The Morgan fingerprint density at radius 2 is 1.86 bits per heavy atom. The van der Waals surface area contributed by atoms with Crippen LogP contribution < -0.4 is 5.73 Å². The Labute approximate surface area is 161 Å². The third kappa shape index (κ3) is 3.88. The fraction of sp³-hybridized carbons (Fsp3) is 0.579. The zero-order chi connectivity index (χ0) is 20.9. The largest absolute Gasteiger partial charge is 0.444 e. The van der Waals surface area contributed by atoms with Crippen molar-refractivity contribution < 1.29 is 22.7 Å². The van der Waals surface area contributed by atoms with E-state index in [1.165, 1.54) is 0 Å². The predicted octanol–water partition coefficient (Wildman–Crippen LogP) is 4.29. The first-order chi connectivity index (χ1) is 12.9. The summed E-state index contributed by atoms with van der Waals surface area (Å²) in [5, 5.41) is 0.0609. The highest BCUT2D eigenvalue weighted by atomic mass is 19.4. The molecule has 1 saturated heterocycles. The number of carbonyl (C=O) groups excluding carboxylic acids is 1. The van der Waals surface area contributed by atoms with Crippen LogP contribution in [0.3, 0.4) is 0 Å². The zero-order valence-electron chi connectivity index (χ0n) is 16.4. The van der Waals surface area contributed by atoms with Gasteiger partial charge < -0.3 is 19.9 Å². The molecular formula is C19H25F3N4O2. The number of fused-ring (bicyclic) bond motifs is 1. The second-order valence-electron chi connectivity index (χ2n) is 8.22. The first-order valence-electron chi connectivity index (χ1n) is 9.17. The van der Waals surface area contributed by atoms with Crippen LogP contribution in [0.2, 0.25) is 0 Å². The Kier molecular flexibility index (Phi) is 4.97. The maximum absolute atomic E-state index is 13.7. The molecule has 2 N–H and O–H groups in total. The minimum absolute atomic E-state index is 0.0609. The molecule has 2 aromatic rings. The molecule has 0 saturated carbocycles. The lowest BCUT2D eigenvalue weighted by Crippen LogP contribution is -2.41. The number of hydrogen-bond donors (Lipinski definition) is 1. The molecule has 154 valence electrons. The molecule has 0 unspecified atom stereocenters. The van der Waals surface area contributed by atoms with Crippen LogP contribution in [0.25, 0.3) is 11.0 Å². The minimum atomic E-state index is -4.57. The molecule has 0 aromatic carbocycles. The SMILES string of the molecule is Cn1cc(C2CCN(C(=O)OC(C)(C)C)CC2)c2c(C(F)(F)F)c(N)cnc21. The number of rotatable bonds is 1. The van der Waals surface area contributed by atoms with Crippen LogP contribution in [-0.4, -0.2) is 39.2 Å². The van der Waals surface area contributed by atoms with Gasteiger partial charge in [0.1, 0.15) is 11.2 Å². The lowest BCUT2D eigenvalue weighted by atomic mass is 9.88. The molecule has 0 bridgehead atoms. The van der Waals surface area contributed by atoms with Gasteiger partial charge in [-0.2, -0.15) is 13.2 Å². The molecule has 0 radical (unpaired) electrons. The lowest BCUT2D eigenvalue weighted by Gasteiger charge is -2.33. The molecule has 1 aliphatic rings. The highest BCUT2D eigenvalue weighted by molar-refractivity contribution is 5.89. The first-order valence-corrected chi connectivity index (χ1v) is 9.17. The number of aromatic nitrogens is 2. The summed E-state index contributed by atoms with van der Waals surface area (Å²) in [7, 11) is 1.67. The number of anilines is 1. The molecule has 1 amide bonds. The Hall–Kier alpha value is -2.45. The van der Waals surface area contributed by atoms with Crippen molar-refractivity contribution in [2.24, 2.45) is 7.05 Å². The Bertz CT molecular complexity index is 891. The summed E-state index contributed by atoms with van der Waals surface area (Å²) in [6.45, 7) is 6.23. The van der Waals surface area contributed by atoms with Crippen molar-refractivity contribution in [2.75, 3.05) is 18.8 Å². The smallest absolute Gasteiger partial charge is 0.419 e. The molecule has 6 nitrogen and oxygen atoms in total. The first kappa shape index (κ1) is 20.3. The van der Waals surface area contributed by atoms with Gasteiger partial charge in [-0.3, -0.25) is 0 Å². The Balaban J connectivity index is 1.90. The number of nitrogen functional groups attached to an aromatic ring is 1. The highest BCUT2D eigenvalue weighted by Gasteiger charge is 2.38. The topological polar surface area (TPSA) is 73.4 Å². The van der Waals surface area contributed by atoms with E-state index in [-0.39, 0.29) is 22.6 Å². The van der Waals surface area contributed by atoms with Gasteiger partial charge in [-0.1, -0.05) is 0 Å². The van der Waals surface area contributed by atoms with Crippen LogP contribution in [0.15, 0.2) is 12.4 Å². The Morgan fingerprint density at radius 3 is 2.39 bits per heavy atom. The number of aryl methyl sites for hydroxylation is 1. The van der Waals surface area contributed by atoms with Gasteiger partial charge in [0.15, 0.2) is 0 Å². The number of nitrogens with zero attached hydrogens (tertiary/aromatic N) is 3. The van der Waals surface area contributed by atoms with Crippen molar-refractivity contribution in [3.05, 3.63) is 23.5 Å². The molecular weight excluding hydrogens is 373 g/mol. The molecule has 1 aliphatic heterocycles. The average Bonchev–Trinajstić information content (AvgIpc) is 2.89. The number of ether oxygens (including phenoxy) is 1. The van der Waals surface area contributed by atoms with Crippen molar-refractivity contribution in [3.63, 3.8) is 0 Å². The summed E-state index contributed by atoms with van der Waals surface area (Å²) >= 11 is 0. The van der Waals surface area contributed by atoms with Crippen LogP contribution >= 0.6 is 0 Å². The summed E-state index contributed by atoms with van der Waals surface area (Å²) in [5.74, 6) is -0.118.